The van der Waals surface area contributed by atoms with Gasteiger partial charge in [-0.25, -0.2) is 4.98 Å². The normalized spacial score (nSPS) is 24.1. The van der Waals surface area contributed by atoms with Crippen molar-refractivity contribution in [1.82, 2.24) is 9.97 Å². The van der Waals surface area contributed by atoms with Crippen molar-refractivity contribution in [3.05, 3.63) is 17.6 Å². The molecule has 2 rings (SSSR count). The van der Waals surface area contributed by atoms with E-state index in [-0.39, 0.29) is 0 Å². The van der Waals surface area contributed by atoms with Crippen LogP contribution in [0.15, 0.2) is 6.20 Å². The molecule has 0 aromatic carbocycles. The van der Waals surface area contributed by atoms with Crippen LogP contribution < -0.4 is 4.90 Å². The second-order valence-electron chi connectivity index (χ2n) is 4.96. The molecule has 92 valence electrons. The highest BCUT2D eigenvalue weighted by atomic mass is 16.4. The number of carboxylic acid groups (broad SMARTS) is 1. The summed E-state index contributed by atoms with van der Waals surface area (Å²) in [5.74, 6) is 0.0771. The topological polar surface area (TPSA) is 66.3 Å². The summed E-state index contributed by atoms with van der Waals surface area (Å²) < 4.78 is 0. The molecule has 0 aliphatic carbocycles. The van der Waals surface area contributed by atoms with Crippen molar-refractivity contribution in [1.29, 1.82) is 0 Å². The van der Waals surface area contributed by atoms with Crippen LogP contribution in [0.1, 0.15) is 24.7 Å². The number of carbonyl (C=O) groups is 1. The fraction of sp³-hybridized carbons (Fsp3) is 0.583. The smallest absolute Gasteiger partial charge is 0.311 e. The van der Waals surface area contributed by atoms with E-state index in [9.17, 15) is 9.90 Å². The van der Waals surface area contributed by atoms with E-state index in [4.69, 9.17) is 0 Å². The molecular weight excluding hydrogens is 218 g/mol. The molecule has 2 heterocycles. The number of carboxylic acids is 1. The minimum absolute atomic E-state index is 0.501. The minimum atomic E-state index is -0.738. The van der Waals surface area contributed by atoms with Gasteiger partial charge >= 0.3 is 5.97 Å². The van der Waals surface area contributed by atoms with Crippen LogP contribution in [0.3, 0.4) is 0 Å². The number of nitrogens with zero attached hydrogens (tertiary/aromatic N) is 3. The molecule has 1 unspecified atom stereocenters. The lowest BCUT2D eigenvalue weighted by Gasteiger charge is -2.22. The van der Waals surface area contributed by atoms with Crippen LogP contribution in [0, 0.1) is 19.3 Å². The van der Waals surface area contributed by atoms with E-state index in [1.54, 1.807) is 13.1 Å². The lowest BCUT2D eigenvalue weighted by Crippen LogP contribution is -2.32. The van der Waals surface area contributed by atoms with Crippen molar-refractivity contribution in [2.75, 3.05) is 18.0 Å². The number of hydrogen-bond acceptors (Lipinski definition) is 4. The van der Waals surface area contributed by atoms with E-state index >= 15 is 0 Å². The second kappa shape index (κ2) is 3.98. The first kappa shape index (κ1) is 11.8. The highest BCUT2D eigenvalue weighted by Crippen LogP contribution is 2.33. The zero-order valence-electron chi connectivity index (χ0n) is 10.4. The van der Waals surface area contributed by atoms with E-state index in [0.717, 1.165) is 23.8 Å². The maximum absolute atomic E-state index is 11.2. The van der Waals surface area contributed by atoms with Gasteiger partial charge in [-0.2, -0.15) is 0 Å². The van der Waals surface area contributed by atoms with Crippen molar-refractivity contribution in [2.24, 2.45) is 5.41 Å². The van der Waals surface area contributed by atoms with Gasteiger partial charge < -0.3 is 10.0 Å². The molecule has 1 saturated heterocycles. The Hall–Kier alpha value is -1.65. The van der Waals surface area contributed by atoms with Crippen molar-refractivity contribution < 1.29 is 9.90 Å². The molecule has 5 nitrogen and oxygen atoms in total. The standard InChI is InChI=1S/C12H17N3O2/c1-8-6-13-9(2)10(14-8)15-5-4-12(3,7-15)11(16)17/h6H,4-5,7H2,1-3H3,(H,16,17). The lowest BCUT2D eigenvalue weighted by molar-refractivity contribution is -0.146. The Balaban J connectivity index is 2.26. The van der Waals surface area contributed by atoms with Crippen LogP contribution in [0.5, 0.6) is 0 Å². The Bertz CT molecular complexity index is 461. The van der Waals surface area contributed by atoms with Crippen molar-refractivity contribution in [2.45, 2.75) is 27.2 Å². The Morgan fingerprint density at radius 3 is 2.82 bits per heavy atom. The van der Waals surface area contributed by atoms with Crippen molar-refractivity contribution in [3.8, 4) is 0 Å². The van der Waals surface area contributed by atoms with Crippen LogP contribution in [0.25, 0.3) is 0 Å². The van der Waals surface area contributed by atoms with Gasteiger partial charge in [0.15, 0.2) is 0 Å². The van der Waals surface area contributed by atoms with Gasteiger partial charge in [0.1, 0.15) is 5.82 Å². The first-order chi connectivity index (χ1) is 7.92. The molecule has 1 N–H and O–H groups in total. The molecule has 0 saturated carbocycles. The Labute approximate surface area is 100 Å². The molecule has 0 bridgehead atoms. The maximum Gasteiger partial charge on any atom is 0.311 e. The zero-order chi connectivity index (χ0) is 12.6. The number of aryl methyl sites for hydroxylation is 2. The molecule has 5 heteroatoms. The first-order valence-corrected chi connectivity index (χ1v) is 5.71. The summed E-state index contributed by atoms with van der Waals surface area (Å²) in [6, 6.07) is 0. The van der Waals surface area contributed by atoms with Crippen LogP contribution >= 0.6 is 0 Å². The van der Waals surface area contributed by atoms with Gasteiger partial charge in [0.25, 0.3) is 0 Å². The van der Waals surface area contributed by atoms with Crippen LogP contribution in [0.4, 0.5) is 5.82 Å². The fourth-order valence-corrected chi connectivity index (χ4v) is 2.14. The number of anilines is 1. The second-order valence-corrected chi connectivity index (χ2v) is 4.96. The SMILES string of the molecule is Cc1cnc(C)c(N2CCC(C)(C(=O)O)C2)n1. The van der Waals surface area contributed by atoms with Crippen LogP contribution in [-0.4, -0.2) is 34.1 Å². The van der Waals surface area contributed by atoms with E-state index in [2.05, 4.69) is 9.97 Å². The molecule has 0 amide bonds. The van der Waals surface area contributed by atoms with Gasteiger partial charge in [-0.1, -0.05) is 0 Å². The van der Waals surface area contributed by atoms with E-state index in [0.29, 0.717) is 13.0 Å². The Morgan fingerprint density at radius 1 is 1.53 bits per heavy atom. The van der Waals surface area contributed by atoms with E-state index in [1.807, 2.05) is 18.7 Å². The van der Waals surface area contributed by atoms with Gasteiger partial charge in [-0.05, 0) is 27.2 Å². The third-order valence-electron chi connectivity index (χ3n) is 3.34. The van der Waals surface area contributed by atoms with Gasteiger partial charge in [-0.3, -0.25) is 9.78 Å². The molecule has 0 spiro atoms. The third kappa shape index (κ3) is 2.09. The van der Waals surface area contributed by atoms with Crippen LogP contribution in [0.2, 0.25) is 0 Å². The van der Waals surface area contributed by atoms with Crippen molar-refractivity contribution in [3.63, 3.8) is 0 Å². The Kier molecular flexibility index (Phi) is 2.77. The maximum atomic E-state index is 11.2. The van der Waals surface area contributed by atoms with Gasteiger partial charge in [0, 0.05) is 19.3 Å². The molecule has 1 aliphatic heterocycles. The first-order valence-electron chi connectivity index (χ1n) is 5.71. The largest absolute Gasteiger partial charge is 0.481 e. The highest BCUT2D eigenvalue weighted by molar-refractivity contribution is 5.76. The molecule has 17 heavy (non-hydrogen) atoms. The predicted molar refractivity (Wildman–Crippen MR) is 64.1 cm³/mol. The summed E-state index contributed by atoms with van der Waals surface area (Å²) in [6.45, 7) is 6.80. The highest BCUT2D eigenvalue weighted by Gasteiger charge is 2.41. The van der Waals surface area contributed by atoms with Gasteiger partial charge in [0.2, 0.25) is 0 Å². The third-order valence-corrected chi connectivity index (χ3v) is 3.34. The molecule has 1 aromatic heterocycles. The molecule has 0 radical (unpaired) electrons. The lowest BCUT2D eigenvalue weighted by atomic mass is 9.90. The zero-order valence-corrected chi connectivity index (χ0v) is 10.4. The Morgan fingerprint density at radius 2 is 2.24 bits per heavy atom. The predicted octanol–water partition coefficient (Wildman–Crippen LogP) is 1.39. The molecular formula is C12H17N3O2. The summed E-state index contributed by atoms with van der Waals surface area (Å²) in [6.07, 6.45) is 2.38. The average Bonchev–Trinajstić information content (AvgIpc) is 2.66. The van der Waals surface area contributed by atoms with E-state index in [1.165, 1.54) is 0 Å². The summed E-state index contributed by atoms with van der Waals surface area (Å²) in [5, 5.41) is 9.20. The van der Waals surface area contributed by atoms with E-state index < -0.39 is 11.4 Å². The summed E-state index contributed by atoms with van der Waals surface area (Å²) in [4.78, 5) is 21.9. The number of aliphatic carboxylic acids is 1. The number of hydrogen-bond donors (Lipinski definition) is 1. The number of aromatic nitrogens is 2. The summed E-state index contributed by atoms with van der Waals surface area (Å²) in [7, 11) is 0. The molecule has 1 fully saturated rings. The summed E-state index contributed by atoms with van der Waals surface area (Å²) in [5.41, 5.74) is 1.04. The van der Waals surface area contributed by atoms with Gasteiger partial charge in [-0.15, -0.1) is 0 Å². The quantitative estimate of drug-likeness (QED) is 0.839. The molecule has 1 aliphatic rings. The van der Waals surface area contributed by atoms with Gasteiger partial charge in [0.05, 0.1) is 16.8 Å². The average molecular weight is 235 g/mol. The number of rotatable bonds is 2. The molecule has 1 aromatic rings. The van der Waals surface area contributed by atoms with Crippen LogP contribution in [-0.2, 0) is 4.79 Å². The minimum Gasteiger partial charge on any atom is -0.481 e. The fourth-order valence-electron chi connectivity index (χ4n) is 2.14. The monoisotopic (exact) mass is 235 g/mol. The molecule has 1 atom stereocenters. The summed E-state index contributed by atoms with van der Waals surface area (Å²) >= 11 is 0. The van der Waals surface area contributed by atoms with Crippen molar-refractivity contribution >= 4 is 11.8 Å².